The first-order chi connectivity index (χ1) is 7.15. The summed E-state index contributed by atoms with van der Waals surface area (Å²) in [5.74, 6) is -0.401. The van der Waals surface area contributed by atoms with E-state index in [1.165, 1.54) is 6.07 Å². The molecule has 0 fully saturated rings. The van der Waals surface area contributed by atoms with Gasteiger partial charge in [-0.1, -0.05) is 37.1 Å². The minimum absolute atomic E-state index is 0.0676. The van der Waals surface area contributed by atoms with E-state index in [0.29, 0.717) is 12.0 Å². The Bertz CT molecular complexity index is 349. The number of ketones is 1. The van der Waals surface area contributed by atoms with Crippen LogP contribution in [-0.2, 0) is 11.2 Å². The van der Waals surface area contributed by atoms with Crippen molar-refractivity contribution in [2.45, 2.75) is 32.6 Å². The fourth-order valence-electron chi connectivity index (χ4n) is 1.36. The zero-order chi connectivity index (χ0) is 11.3. The van der Waals surface area contributed by atoms with Crippen LogP contribution in [0.15, 0.2) is 18.2 Å². The lowest BCUT2D eigenvalue weighted by molar-refractivity contribution is -0.118. The highest BCUT2D eigenvalue weighted by molar-refractivity contribution is 6.30. The molecule has 1 rings (SSSR count). The van der Waals surface area contributed by atoms with Gasteiger partial charge in [0.25, 0.3) is 0 Å². The largest absolute Gasteiger partial charge is 0.299 e. The van der Waals surface area contributed by atoms with E-state index in [1.807, 2.05) is 6.92 Å². The van der Waals surface area contributed by atoms with Gasteiger partial charge in [-0.3, -0.25) is 4.79 Å². The molecule has 0 aliphatic rings. The lowest BCUT2D eigenvalue weighted by Crippen LogP contribution is -2.04. The predicted octanol–water partition coefficient (Wildman–Crippen LogP) is 3.78. The van der Waals surface area contributed by atoms with E-state index in [-0.39, 0.29) is 17.2 Å². The number of unbranched alkanes of at least 4 members (excludes halogenated alkanes) is 1. The summed E-state index contributed by atoms with van der Waals surface area (Å²) in [5.41, 5.74) is 0.392. The zero-order valence-corrected chi connectivity index (χ0v) is 9.48. The van der Waals surface area contributed by atoms with Crippen LogP contribution in [0.1, 0.15) is 31.7 Å². The molecule has 0 saturated carbocycles. The van der Waals surface area contributed by atoms with Crippen LogP contribution >= 0.6 is 11.6 Å². The van der Waals surface area contributed by atoms with Gasteiger partial charge >= 0.3 is 0 Å². The molecule has 0 aliphatic heterocycles. The van der Waals surface area contributed by atoms with Gasteiger partial charge in [-0.05, 0) is 18.1 Å². The SMILES string of the molecule is CCCCC(=O)Cc1cccc(Cl)c1F. The second kappa shape index (κ2) is 5.86. The third kappa shape index (κ3) is 3.63. The summed E-state index contributed by atoms with van der Waals surface area (Å²) in [6.45, 7) is 2.02. The van der Waals surface area contributed by atoms with Gasteiger partial charge in [-0.2, -0.15) is 0 Å². The first-order valence-electron chi connectivity index (χ1n) is 5.09. The quantitative estimate of drug-likeness (QED) is 0.750. The minimum Gasteiger partial charge on any atom is -0.299 e. The van der Waals surface area contributed by atoms with E-state index in [0.717, 1.165) is 12.8 Å². The molecule has 15 heavy (non-hydrogen) atoms. The summed E-state index contributed by atoms with van der Waals surface area (Å²) in [6.07, 6.45) is 2.50. The summed E-state index contributed by atoms with van der Waals surface area (Å²) in [4.78, 5) is 11.4. The molecule has 0 amide bonds. The molecule has 0 aliphatic carbocycles. The highest BCUT2D eigenvalue weighted by Crippen LogP contribution is 2.18. The monoisotopic (exact) mass is 228 g/mol. The number of halogens is 2. The van der Waals surface area contributed by atoms with Gasteiger partial charge in [-0.15, -0.1) is 0 Å². The Kier molecular flexibility index (Phi) is 4.76. The minimum atomic E-state index is -0.469. The lowest BCUT2D eigenvalue weighted by Gasteiger charge is -2.03. The third-order valence-electron chi connectivity index (χ3n) is 2.23. The average Bonchev–Trinajstić information content (AvgIpc) is 2.22. The molecule has 0 saturated heterocycles. The number of hydrogen-bond donors (Lipinski definition) is 0. The first kappa shape index (κ1) is 12.2. The van der Waals surface area contributed by atoms with Gasteiger partial charge in [0.2, 0.25) is 0 Å². The summed E-state index contributed by atoms with van der Waals surface area (Å²) in [6, 6.07) is 4.75. The number of Topliss-reactive ketones (excluding diaryl/α,β-unsaturated/α-hetero) is 1. The van der Waals surface area contributed by atoms with Crippen molar-refractivity contribution in [2.24, 2.45) is 0 Å². The van der Waals surface area contributed by atoms with Crippen molar-refractivity contribution in [3.05, 3.63) is 34.6 Å². The summed E-state index contributed by atoms with van der Waals surface area (Å²) in [7, 11) is 0. The molecule has 0 N–H and O–H groups in total. The number of hydrogen-bond acceptors (Lipinski definition) is 1. The molecular weight excluding hydrogens is 215 g/mol. The Morgan fingerprint density at radius 3 is 2.87 bits per heavy atom. The molecule has 0 unspecified atom stereocenters. The second-order valence-corrected chi connectivity index (χ2v) is 3.94. The van der Waals surface area contributed by atoms with Gasteiger partial charge < -0.3 is 0 Å². The van der Waals surface area contributed by atoms with Crippen molar-refractivity contribution in [1.29, 1.82) is 0 Å². The van der Waals surface area contributed by atoms with Crippen molar-refractivity contribution in [3.8, 4) is 0 Å². The van der Waals surface area contributed by atoms with Crippen LogP contribution in [0, 0.1) is 5.82 Å². The molecule has 3 heteroatoms. The molecule has 0 bridgehead atoms. The highest BCUT2D eigenvalue weighted by atomic mass is 35.5. The molecule has 0 spiro atoms. The van der Waals surface area contributed by atoms with Gasteiger partial charge in [-0.25, -0.2) is 4.39 Å². The Morgan fingerprint density at radius 1 is 1.47 bits per heavy atom. The van der Waals surface area contributed by atoms with Crippen molar-refractivity contribution in [3.63, 3.8) is 0 Å². The third-order valence-corrected chi connectivity index (χ3v) is 2.52. The van der Waals surface area contributed by atoms with Gasteiger partial charge in [0, 0.05) is 12.8 Å². The van der Waals surface area contributed by atoms with Crippen LogP contribution in [0.3, 0.4) is 0 Å². The van der Waals surface area contributed by atoms with Crippen LogP contribution < -0.4 is 0 Å². The smallest absolute Gasteiger partial charge is 0.145 e. The molecule has 0 aromatic heterocycles. The molecule has 0 atom stereocenters. The van der Waals surface area contributed by atoms with Crippen molar-refractivity contribution < 1.29 is 9.18 Å². The zero-order valence-electron chi connectivity index (χ0n) is 8.72. The van der Waals surface area contributed by atoms with E-state index < -0.39 is 5.82 Å². The summed E-state index contributed by atoms with van der Waals surface area (Å²) >= 11 is 5.62. The number of carbonyl (C=O) groups is 1. The highest BCUT2D eigenvalue weighted by Gasteiger charge is 2.09. The molecular formula is C12H14ClFO. The maximum Gasteiger partial charge on any atom is 0.145 e. The summed E-state index contributed by atoms with van der Waals surface area (Å²) in [5, 5.41) is 0.0794. The van der Waals surface area contributed by atoms with E-state index in [9.17, 15) is 9.18 Å². The molecule has 1 nitrogen and oxygen atoms in total. The molecule has 0 heterocycles. The van der Waals surface area contributed by atoms with Gasteiger partial charge in [0.05, 0.1) is 5.02 Å². The summed E-state index contributed by atoms with van der Waals surface area (Å²) < 4.78 is 13.4. The molecule has 0 radical (unpaired) electrons. The normalized spacial score (nSPS) is 10.3. The lowest BCUT2D eigenvalue weighted by atomic mass is 10.0. The van der Waals surface area contributed by atoms with Crippen LogP contribution in [-0.4, -0.2) is 5.78 Å². The maximum absolute atomic E-state index is 13.4. The van der Waals surface area contributed by atoms with E-state index in [1.54, 1.807) is 12.1 Å². The molecule has 1 aromatic rings. The molecule has 1 aromatic carbocycles. The Labute approximate surface area is 94.3 Å². The first-order valence-corrected chi connectivity index (χ1v) is 5.47. The maximum atomic E-state index is 13.4. The van der Waals surface area contributed by atoms with Crippen molar-refractivity contribution in [2.75, 3.05) is 0 Å². The fraction of sp³-hybridized carbons (Fsp3) is 0.417. The predicted molar refractivity (Wildman–Crippen MR) is 59.6 cm³/mol. The van der Waals surface area contributed by atoms with Crippen molar-refractivity contribution >= 4 is 17.4 Å². The van der Waals surface area contributed by atoms with Crippen LogP contribution in [0.2, 0.25) is 5.02 Å². The second-order valence-electron chi connectivity index (χ2n) is 3.53. The standard InChI is InChI=1S/C12H14ClFO/c1-2-3-6-10(15)8-9-5-4-7-11(13)12(9)14/h4-5,7H,2-3,6,8H2,1H3. The van der Waals surface area contributed by atoms with E-state index in [2.05, 4.69) is 0 Å². The van der Waals surface area contributed by atoms with Crippen LogP contribution in [0.5, 0.6) is 0 Å². The Balaban J connectivity index is 2.64. The Morgan fingerprint density at radius 2 is 2.20 bits per heavy atom. The average molecular weight is 229 g/mol. The Hall–Kier alpha value is -0.890. The number of benzene rings is 1. The van der Waals surface area contributed by atoms with Crippen LogP contribution in [0.4, 0.5) is 4.39 Å². The van der Waals surface area contributed by atoms with E-state index >= 15 is 0 Å². The molecule has 82 valence electrons. The number of carbonyl (C=O) groups excluding carboxylic acids is 1. The fourth-order valence-corrected chi connectivity index (χ4v) is 1.55. The van der Waals surface area contributed by atoms with E-state index in [4.69, 9.17) is 11.6 Å². The number of rotatable bonds is 5. The van der Waals surface area contributed by atoms with Gasteiger partial charge in [0.15, 0.2) is 0 Å². The van der Waals surface area contributed by atoms with Crippen molar-refractivity contribution in [1.82, 2.24) is 0 Å². The van der Waals surface area contributed by atoms with Gasteiger partial charge in [0.1, 0.15) is 11.6 Å². The van der Waals surface area contributed by atoms with Crippen LogP contribution in [0.25, 0.3) is 0 Å². The topological polar surface area (TPSA) is 17.1 Å².